The predicted octanol–water partition coefficient (Wildman–Crippen LogP) is 1.38. The van der Waals surface area contributed by atoms with E-state index in [9.17, 15) is 10.2 Å². The van der Waals surface area contributed by atoms with Gasteiger partial charge in [0.1, 0.15) is 12.2 Å². The fraction of sp³-hybridized carbons (Fsp3) is 0.667. The van der Waals surface area contributed by atoms with Crippen molar-refractivity contribution >= 4 is 24.8 Å². The predicted molar refractivity (Wildman–Crippen MR) is 104 cm³/mol. The highest BCUT2D eigenvalue weighted by molar-refractivity contribution is 5.85. The Labute approximate surface area is 162 Å². The maximum absolute atomic E-state index is 10.6. The Bertz CT molecular complexity index is 533. The lowest BCUT2D eigenvalue weighted by Gasteiger charge is -2.37. The van der Waals surface area contributed by atoms with Gasteiger partial charge in [0, 0.05) is 25.7 Å². The molecule has 25 heavy (non-hydrogen) atoms. The zero-order valence-corrected chi connectivity index (χ0v) is 16.4. The SMILES string of the molecule is CC(C)NC[C@H]1O[C@@H](CO)[C@@H](O)[C@H]1N1CCc2ccccc2C1.Cl.Cl. The first-order valence-corrected chi connectivity index (χ1v) is 8.58. The molecule has 5 nitrogen and oxygen atoms in total. The lowest BCUT2D eigenvalue weighted by molar-refractivity contribution is -0.0216. The molecule has 4 atom stereocenters. The van der Waals surface area contributed by atoms with Crippen LogP contribution >= 0.6 is 24.8 Å². The van der Waals surface area contributed by atoms with E-state index in [4.69, 9.17) is 4.74 Å². The van der Waals surface area contributed by atoms with Crippen LogP contribution in [0.15, 0.2) is 24.3 Å². The molecular formula is C18H30Cl2N2O3. The lowest BCUT2D eigenvalue weighted by Crippen LogP contribution is -2.52. The summed E-state index contributed by atoms with van der Waals surface area (Å²) >= 11 is 0. The number of benzene rings is 1. The number of fused-ring (bicyclic) bond motifs is 1. The van der Waals surface area contributed by atoms with E-state index in [0.29, 0.717) is 12.6 Å². The summed E-state index contributed by atoms with van der Waals surface area (Å²) in [6.45, 7) is 6.49. The molecule has 0 spiro atoms. The lowest BCUT2D eigenvalue weighted by atomic mass is 9.95. The fourth-order valence-corrected chi connectivity index (χ4v) is 3.72. The molecule has 3 rings (SSSR count). The Hall–Kier alpha value is -0.400. The zero-order chi connectivity index (χ0) is 16.4. The van der Waals surface area contributed by atoms with Crippen molar-refractivity contribution in [2.24, 2.45) is 0 Å². The Kier molecular flexibility index (Phi) is 9.12. The van der Waals surface area contributed by atoms with Crippen LogP contribution in [0.3, 0.4) is 0 Å². The number of rotatable bonds is 5. The van der Waals surface area contributed by atoms with Crippen LogP contribution in [0.5, 0.6) is 0 Å². The summed E-state index contributed by atoms with van der Waals surface area (Å²) in [6.07, 6.45) is -0.247. The number of aliphatic hydroxyl groups is 2. The van der Waals surface area contributed by atoms with Gasteiger partial charge in [0.05, 0.1) is 18.8 Å². The molecule has 1 fully saturated rings. The van der Waals surface area contributed by atoms with Crippen LogP contribution in [-0.4, -0.2) is 65.2 Å². The van der Waals surface area contributed by atoms with Gasteiger partial charge in [0.15, 0.2) is 0 Å². The average molecular weight is 393 g/mol. The monoisotopic (exact) mass is 392 g/mol. The van der Waals surface area contributed by atoms with Crippen molar-refractivity contribution in [2.75, 3.05) is 19.7 Å². The molecule has 0 aromatic heterocycles. The van der Waals surface area contributed by atoms with Crippen LogP contribution in [0.1, 0.15) is 25.0 Å². The van der Waals surface area contributed by atoms with Crippen molar-refractivity contribution < 1.29 is 14.9 Å². The van der Waals surface area contributed by atoms with E-state index in [1.165, 1.54) is 11.1 Å². The largest absolute Gasteiger partial charge is 0.394 e. The van der Waals surface area contributed by atoms with Crippen molar-refractivity contribution in [3.63, 3.8) is 0 Å². The number of halogens is 2. The van der Waals surface area contributed by atoms with Gasteiger partial charge in [-0.2, -0.15) is 0 Å². The molecule has 0 saturated carbocycles. The molecule has 2 aliphatic heterocycles. The summed E-state index contributed by atoms with van der Waals surface area (Å²) in [5.74, 6) is 0. The van der Waals surface area contributed by atoms with Crippen LogP contribution in [0.2, 0.25) is 0 Å². The quantitative estimate of drug-likeness (QED) is 0.706. The highest BCUT2D eigenvalue weighted by atomic mass is 35.5. The molecule has 1 aromatic carbocycles. The third kappa shape index (κ3) is 5.07. The van der Waals surface area contributed by atoms with E-state index in [2.05, 4.69) is 48.3 Å². The third-order valence-corrected chi connectivity index (χ3v) is 4.95. The second kappa shape index (κ2) is 10.1. The first-order valence-electron chi connectivity index (χ1n) is 8.58. The number of nitrogens with zero attached hydrogens (tertiary/aromatic N) is 1. The second-order valence-electron chi connectivity index (χ2n) is 6.93. The molecule has 144 valence electrons. The standard InChI is InChI=1S/C18H28N2O3.2ClH/c1-12(2)19-9-15-17(18(22)16(11-21)23-15)20-8-7-13-5-3-4-6-14(13)10-20;;/h3-6,12,15-19,21-22H,7-11H2,1-2H3;2*1H/t15-,16+,17+,18-;;/m1../s1. The highest BCUT2D eigenvalue weighted by Crippen LogP contribution is 2.30. The van der Waals surface area contributed by atoms with Gasteiger partial charge >= 0.3 is 0 Å². The normalized spacial score (nSPS) is 29.0. The van der Waals surface area contributed by atoms with E-state index in [-0.39, 0.29) is 43.6 Å². The third-order valence-electron chi connectivity index (χ3n) is 4.95. The van der Waals surface area contributed by atoms with Crippen LogP contribution in [0.25, 0.3) is 0 Å². The molecule has 1 aromatic rings. The van der Waals surface area contributed by atoms with Crippen molar-refractivity contribution in [1.82, 2.24) is 10.2 Å². The van der Waals surface area contributed by atoms with Crippen molar-refractivity contribution in [3.05, 3.63) is 35.4 Å². The number of hydrogen-bond acceptors (Lipinski definition) is 5. The van der Waals surface area contributed by atoms with Crippen molar-refractivity contribution in [3.8, 4) is 0 Å². The van der Waals surface area contributed by atoms with Crippen molar-refractivity contribution in [1.29, 1.82) is 0 Å². The molecule has 1 saturated heterocycles. The Morgan fingerprint density at radius 2 is 1.88 bits per heavy atom. The minimum atomic E-state index is -0.649. The van der Waals surface area contributed by atoms with E-state index in [0.717, 1.165) is 19.5 Å². The molecule has 0 unspecified atom stereocenters. The van der Waals surface area contributed by atoms with Gasteiger partial charge in [-0.1, -0.05) is 38.1 Å². The molecule has 0 radical (unpaired) electrons. The van der Waals surface area contributed by atoms with E-state index < -0.39 is 12.2 Å². The molecule has 3 N–H and O–H groups in total. The van der Waals surface area contributed by atoms with Crippen LogP contribution < -0.4 is 5.32 Å². The van der Waals surface area contributed by atoms with Gasteiger partial charge in [0.25, 0.3) is 0 Å². The van der Waals surface area contributed by atoms with Crippen molar-refractivity contribution in [2.45, 2.75) is 57.2 Å². The van der Waals surface area contributed by atoms with Crippen LogP contribution in [0.4, 0.5) is 0 Å². The average Bonchev–Trinajstić information content (AvgIpc) is 2.88. The van der Waals surface area contributed by atoms with Gasteiger partial charge in [0.2, 0.25) is 0 Å². The Morgan fingerprint density at radius 1 is 1.20 bits per heavy atom. The summed E-state index contributed by atoms with van der Waals surface area (Å²) in [7, 11) is 0. The van der Waals surface area contributed by atoms with Gasteiger partial charge in [-0.3, -0.25) is 4.90 Å². The van der Waals surface area contributed by atoms with Gasteiger partial charge < -0.3 is 20.3 Å². The summed E-state index contributed by atoms with van der Waals surface area (Å²) in [6, 6.07) is 8.78. The number of hydrogen-bond donors (Lipinski definition) is 3. The number of aliphatic hydroxyl groups excluding tert-OH is 2. The van der Waals surface area contributed by atoms with Gasteiger partial charge in [-0.25, -0.2) is 0 Å². The maximum Gasteiger partial charge on any atom is 0.109 e. The molecule has 0 bridgehead atoms. The summed E-state index contributed by atoms with van der Waals surface area (Å²) in [5.41, 5.74) is 2.72. The Morgan fingerprint density at radius 3 is 2.52 bits per heavy atom. The topological polar surface area (TPSA) is 65.0 Å². The minimum Gasteiger partial charge on any atom is -0.394 e. The zero-order valence-electron chi connectivity index (χ0n) is 14.8. The maximum atomic E-state index is 10.6. The molecule has 0 aliphatic carbocycles. The summed E-state index contributed by atoms with van der Waals surface area (Å²) in [5, 5.41) is 23.5. The van der Waals surface area contributed by atoms with Crippen LogP contribution in [0, 0.1) is 0 Å². The smallest absolute Gasteiger partial charge is 0.109 e. The molecule has 2 aliphatic rings. The molecular weight excluding hydrogens is 363 g/mol. The van der Waals surface area contributed by atoms with E-state index >= 15 is 0 Å². The first kappa shape index (κ1) is 22.6. The number of ether oxygens (including phenoxy) is 1. The van der Waals surface area contributed by atoms with E-state index in [1.807, 2.05) is 0 Å². The minimum absolute atomic E-state index is 0. The molecule has 2 heterocycles. The highest BCUT2D eigenvalue weighted by Gasteiger charge is 2.46. The Balaban J connectivity index is 0.00000156. The van der Waals surface area contributed by atoms with Crippen LogP contribution in [-0.2, 0) is 17.7 Å². The fourth-order valence-electron chi connectivity index (χ4n) is 3.72. The first-order chi connectivity index (χ1) is 11.1. The molecule has 0 amide bonds. The second-order valence-corrected chi connectivity index (χ2v) is 6.93. The van der Waals surface area contributed by atoms with Gasteiger partial charge in [-0.05, 0) is 17.5 Å². The summed E-state index contributed by atoms with van der Waals surface area (Å²) < 4.78 is 5.92. The van der Waals surface area contributed by atoms with Gasteiger partial charge in [-0.15, -0.1) is 24.8 Å². The molecule has 7 heteroatoms. The summed E-state index contributed by atoms with van der Waals surface area (Å²) in [4.78, 5) is 2.31. The van der Waals surface area contributed by atoms with E-state index in [1.54, 1.807) is 0 Å². The number of nitrogens with one attached hydrogen (secondary N) is 1.